The van der Waals surface area contributed by atoms with Crippen LogP contribution in [0.5, 0.6) is 0 Å². The molecule has 0 aliphatic heterocycles. The first-order valence-electron chi connectivity index (χ1n) is 7.40. The summed E-state index contributed by atoms with van der Waals surface area (Å²) in [6.45, 7) is 3.04. The predicted octanol–water partition coefficient (Wildman–Crippen LogP) is 2.46. The molecule has 1 aromatic heterocycles. The second kappa shape index (κ2) is 6.97. The van der Waals surface area contributed by atoms with Gasteiger partial charge in [-0.2, -0.15) is 5.26 Å². The summed E-state index contributed by atoms with van der Waals surface area (Å²) in [5, 5.41) is 11.9. The van der Waals surface area contributed by atoms with Crippen LogP contribution in [0.2, 0.25) is 5.15 Å². The molecule has 1 fully saturated rings. The zero-order valence-corrected chi connectivity index (χ0v) is 13.9. The molecule has 0 spiro atoms. The first-order chi connectivity index (χ1) is 10.9. The van der Waals surface area contributed by atoms with Gasteiger partial charge in [-0.15, -0.1) is 0 Å². The van der Waals surface area contributed by atoms with Crippen LogP contribution in [0.15, 0.2) is 6.07 Å². The number of halogens is 1. The molecule has 2 rings (SSSR count). The lowest BCUT2D eigenvalue weighted by atomic mass is 10.00. The van der Waals surface area contributed by atoms with Gasteiger partial charge in [0.2, 0.25) is 0 Å². The molecule has 23 heavy (non-hydrogen) atoms. The van der Waals surface area contributed by atoms with Crippen LogP contribution in [0.1, 0.15) is 47.3 Å². The van der Waals surface area contributed by atoms with Crippen molar-refractivity contribution >= 4 is 23.5 Å². The van der Waals surface area contributed by atoms with E-state index in [0.29, 0.717) is 24.1 Å². The molecule has 0 bridgehead atoms. The van der Waals surface area contributed by atoms with E-state index in [-0.39, 0.29) is 10.7 Å². The zero-order valence-electron chi connectivity index (χ0n) is 13.1. The Kier molecular flexibility index (Phi) is 5.22. The quantitative estimate of drug-likeness (QED) is 0.674. The SMILES string of the molecule is Cc1cc(C)c(C(=O)OCC(=O)NC2(C#N)CCCC2)c(Cl)n1. The van der Waals surface area contributed by atoms with Crippen LogP contribution >= 0.6 is 11.6 Å². The zero-order chi connectivity index (χ0) is 17.0. The number of amides is 1. The normalized spacial score (nSPS) is 15.7. The fourth-order valence-electron chi connectivity index (χ4n) is 2.79. The van der Waals surface area contributed by atoms with Gasteiger partial charge in [-0.3, -0.25) is 4.79 Å². The van der Waals surface area contributed by atoms with Gasteiger partial charge in [0, 0.05) is 5.69 Å². The number of rotatable bonds is 4. The average Bonchev–Trinajstić information content (AvgIpc) is 2.93. The predicted molar refractivity (Wildman–Crippen MR) is 84.0 cm³/mol. The number of aromatic nitrogens is 1. The van der Waals surface area contributed by atoms with Crippen LogP contribution in [-0.4, -0.2) is 29.0 Å². The van der Waals surface area contributed by atoms with Gasteiger partial charge in [0.1, 0.15) is 10.7 Å². The van der Waals surface area contributed by atoms with Crippen molar-refractivity contribution in [3.05, 3.63) is 28.0 Å². The molecule has 122 valence electrons. The van der Waals surface area contributed by atoms with Crippen molar-refractivity contribution in [1.29, 1.82) is 5.26 Å². The van der Waals surface area contributed by atoms with E-state index in [4.69, 9.17) is 16.3 Å². The smallest absolute Gasteiger partial charge is 0.342 e. The van der Waals surface area contributed by atoms with Crippen molar-refractivity contribution in [2.45, 2.75) is 45.1 Å². The van der Waals surface area contributed by atoms with Gasteiger partial charge in [-0.25, -0.2) is 9.78 Å². The van der Waals surface area contributed by atoms with Crippen LogP contribution < -0.4 is 5.32 Å². The van der Waals surface area contributed by atoms with Gasteiger partial charge in [0.25, 0.3) is 5.91 Å². The standard InChI is InChI=1S/C16H18ClN3O3/c1-10-7-11(2)19-14(17)13(10)15(22)23-8-12(21)20-16(9-18)5-3-4-6-16/h7H,3-6,8H2,1-2H3,(H,20,21). The first kappa shape index (κ1) is 17.2. The molecule has 1 heterocycles. The highest BCUT2D eigenvalue weighted by Gasteiger charge is 2.35. The minimum Gasteiger partial charge on any atom is -0.452 e. The summed E-state index contributed by atoms with van der Waals surface area (Å²) in [5.74, 6) is -1.19. The van der Waals surface area contributed by atoms with Gasteiger partial charge >= 0.3 is 5.97 Å². The number of carbonyl (C=O) groups is 2. The molecule has 1 N–H and O–H groups in total. The largest absolute Gasteiger partial charge is 0.452 e. The number of nitrogens with one attached hydrogen (secondary N) is 1. The van der Waals surface area contributed by atoms with Gasteiger partial charge in [-0.1, -0.05) is 11.6 Å². The molecule has 1 aromatic rings. The van der Waals surface area contributed by atoms with Crippen molar-refractivity contribution in [3.8, 4) is 6.07 Å². The summed E-state index contributed by atoms with van der Waals surface area (Å²) >= 11 is 5.97. The summed E-state index contributed by atoms with van der Waals surface area (Å²) in [5.41, 5.74) is 0.653. The Hall–Kier alpha value is -2.13. The van der Waals surface area contributed by atoms with Crippen LogP contribution in [0.3, 0.4) is 0 Å². The molecule has 1 amide bonds. The highest BCUT2D eigenvalue weighted by molar-refractivity contribution is 6.32. The summed E-state index contributed by atoms with van der Waals surface area (Å²) in [7, 11) is 0. The summed E-state index contributed by atoms with van der Waals surface area (Å²) in [6.07, 6.45) is 3.04. The fourth-order valence-corrected chi connectivity index (χ4v) is 3.15. The average molecular weight is 336 g/mol. The van der Waals surface area contributed by atoms with Gasteiger partial charge in [0.15, 0.2) is 6.61 Å². The maximum absolute atomic E-state index is 12.1. The number of aryl methyl sites for hydroxylation is 2. The molecule has 1 saturated carbocycles. The third kappa shape index (κ3) is 3.99. The van der Waals surface area contributed by atoms with E-state index in [1.54, 1.807) is 19.9 Å². The summed E-state index contributed by atoms with van der Waals surface area (Å²) in [6, 6.07) is 3.86. The molecule has 1 aliphatic carbocycles. The Labute approximate surface area is 139 Å². The second-order valence-electron chi connectivity index (χ2n) is 5.77. The Morgan fingerprint density at radius 1 is 1.43 bits per heavy atom. The maximum Gasteiger partial charge on any atom is 0.342 e. The van der Waals surface area contributed by atoms with E-state index in [1.165, 1.54) is 0 Å². The highest BCUT2D eigenvalue weighted by atomic mass is 35.5. The van der Waals surface area contributed by atoms with E-state index >= 15 is 0 Å². The molecule has 6 nitrogen and oxygen atoms in total. The molecule has 0 atom stereocenters. The lowest BCUT2D eigenvalue weighted by Gasteiger charge is -2.21. The van der Waals surface area contributed by atoms with E-state index in [2.05, 4.69) is 16.4 Å². The lowest BCUT2D eigenvalue weighted by Crippen LogP contribution is -2.46. The minimum atomic E-state index is -0.831. The van der Waals surface area contributed by atoms with Crippen LogP contribution in [0.25, 0.3) is 0 Å². The number of hydrogen-bond donors (Lipinski definition) is 1. The number of carbonyl (C=O) groups excluding carboxylic acids is 2. The Bertz CT molecular complexity index is 653. The van der Waals surface area contributed by atoms with Crippen LogP contribution in [0, 0.1) is 25.2 Å². The van der Waals surface area contributed by atoms with Crippen molar-refractivity contribution in [2.75, 3.05) is 6.61 Å². The third-order valence-electron chi connectivity index (χ3n) is 3.89. The van der Waals surface area contributed by atoms with Crippen molar-refractivity contribution in [1.82, 2.24) is 10.3 Å². The molecule has 0 radical (unpaired) electrons. The molecule has 7 heteroatoms. The molecule has 0 unspecified atom stereocenters. The van der Waals surface area contributed by atoms with Crippen molar-refractivity contribution in [2.24, 2.45) is 0 Å². The third-order valence-corrected chi connectivity index (χ3v) is 4.16. The second-order valence-corrected chi connectivity index (χ2v) is 6.13. The number of esters is 1. The molecular weight excluding hydrogens is 318 g/mol. The Balaban J connectivity index is 1.97. The van der Waals surface area contributed by atoms with Crippen LogP contribution in [0.4, 0.5) is 0 Å². The highest BCUT2D eigenvalue weighted by Crippen LogP contribution is 2.28. The number of ether oxygens (including phenoxy) is 1. The molecule has 0 saturated heterocycles. The monoisotopic (exact) mass is 335 g/mol. The molecule has 1 aliphatic rings. The van der Waals surface area contributed by atoms with Crippen LogP contribution in [-0.2, 0) is 9.53 Å². The van der Waals surface area contributed by atoms with Gasteiger partial charge in [0.05, 0.1) is 11.6 Å². The minimum absolute atomic E-state index is 0.0530. The Morgan fingerprint density at radius 3 is 2.65 bits per heavy atom. The lowest BCUT2D eigenvalue weighted by molar-refractivity contribution is -0.125. The Morgan fingerprint density at radius 2 is 2.09 bits per heavy atom. The topological polar surface area (TPSA) is 92.1 Å². The van der Waals surface area contributed by atoms with E-state index in [0.717, 1.165) is 12.8 Å². The summed E-state index contributed by atoms with van der Waals surface area (Å²) < 4.78 is 5.01. The first-order valence-corrected chi connectivity index (χ1v) is 7.78. The van der Waals surface area contributed by atoms with Crippen molar-refractivity contribution < 1.29 is 14.3 Å². The number of pyridine rings is 1. The van der Waals surface area contributed by atoms with Gasteiger partial charge in [-0.05, 0) is 51.2 Å². The van der Waals surface area contributed by atoms with E-state index in [9.17, 15) is 14.9 Å². The van der Waals surface area contributed by atoms with Gasteiger partial charge < -0.3 is 10.1 Å². The molecular formula is C16H18ClN3O3. The van der Waals surface area contributed by atoms with E-state index in [1.807, 2.05) is 0 Å². The van der Waals surface area contributed by atoms with E-state index < -0.39 is 24.0 Å². The number of hydrogen-bond acceptors (Lipinski definition) is 5. The fraction of sp³-hybridized carbons (Fsp3) is 0.500. The van der Waals surface area contributed by atoms with Crippen molar-refractivity contribution in [3.63, 3.8) is 0 Å². The number of nitrogens with zero attached hydrogens (tertiary/aromatic N) is 2. The number of nitriles is 1. The summed E-state index contributed by atoms with van der Waals surface area (Å²) in [4.78, 5) is 28.0. The molecule has 0 aromatic carbocycles. The maximum atomic E-state index is 12.1.